The van der Waals surface area contributed by atoms with Crippen molar-refractivity contribution in [1.82, 2.24) is 0 Å². The second-order valence-electron chi connectivity index (χ2n) is 11.6. The fourth-order valence-electron chi connectivity index (χ4n) is 4.43. The van der Waals surface area contributed by atoms with Crippen LogP contribution in [0.25, 0.3) is 0 Å². The second kappa shape index (κ2) is 19.9. The molecule has 7 atom stereocenters. The van der Waals surface area contributed by atoms with Crippen LogP contribution in [0.2, 0.25) is 0 Å². The molecule has 0 aromatic heterocycles. The van der Waals surface area contributed by atoms with Gasteiger partial charge in [0.05, 0.1) is 13.2 Å². The van der Waals surface area contributed by atoms with Gasteiger partial charge in [0.25, 0.3) is 0 Å². The lowest BCUT2D eigenvalue weighted by molar-refractivity contribution is -0.281. The Labute approximate surface area is 247 Å². The number of ether oxygens (including phenoxy) is 1. The Balaban J connectivity index is 2.29. The summed E-state index contributed by atoms with van der Waals surface area (Å²) in [6.07, 6.45) is 10.0. The third kappa shape index (κ3) is 16.3. The molecule has 1 unspecified atom stereocenters. The Kier molecular flexibility index (Phi) is 18.4. The summed E-state index contributed by atoms with van der Waals surface area (Å²) in [6.45, 7) is 12.2. The largest absolute Gasteiger partial charge is 0.474 e. The lowest BCUT2D eigenvalue weighted by Crippen LogP contribution is -2.58. The van der Waals surface area contributed by atoms with Gasteiger partial charge in [-0.1, -0.05) is 53.5 Å². The summed E-state index contributed by atoms with van der Waals surface area (Å²) >= 11 is 0. The van der Waals surface area contributed by atoms with E-state index in [1.54, 1.807) is 0 Å². The standard InChI is InChI=1S/C31H55O9P/c1-22(2)11-7-12-23(3)13-8-14-24(4)15-9-16-25(5)17-10-18-26(6)19-20-38-41(36,37)40-31-30(35)29(34)28(33)27(21-32)39-31/h11,13,15,17,26-35H,7-10,12,14,16,18-21H2,1-6H3,(H,36,37)/b23-13+,24-15+,25-17-/t26-,27+,28+,29-,30-,31-/m0/s1. The zero-order chi connectivity index (χ0) is 31.0. The van der Waals surface area contributed by atoms with Crippen molar-refractivity contribution < 1.29 is 43.7 Å². The van der Waals surface area contributed by atoms with Gasteiger partial charge in [-0.25, -0.2) is 4.57 Å². The maximum absolute atomic E-state index is 12.3. The van der Waals surface area contributed by atoms with Crippen molar-refractivity contribution in [2.24, 2.45) is 5.92 Å². The topological polar surface area (TPSA) is 146 Å². The SMILES string of the molecule is CC(C)=CCC/C(C)=C/CC/C(C)=C/CC/C(C)=C\CC[C@H](C)CCOP(=O)(O)O[C@@H]1O[C@H](CO)[C@@H](O)[C@H](O)[C@@H]1O. The van der Waals surface area contributed by atoms with Crippen molar-refractivity contribution in [2.75, 3.05) is 13.2 Å². The predicted molar refractivity (Wildman–Crippen MR) is 162 cm³/mol. The highest BCUT2D eigenvalue weighted by Gasteiger charge is 2.46. The molecule has 0 aromatic rings. The zero-order valence-electron chi connectivity index (χ0n) is 25.9. The molecule has 1 aliphatic rings. The summed E-state index contributed by atoms with van der Waals surface area (Å²) < 4.78 is 27.3. The summed E-state index contributed by atoms with van der Waals surface area (Å²) in [5.41, 5.74) is 5.61. The average Bonchev–Trinajstić information content (AvgIpc) is 2.88. The first-order valence-electron chi connectivity index (χ1n) is 14.8. The van der Waals surface area contributed by atoms with E-state index < -0.39 is 45.1 Å². The van der Waals surface area contributed by atoms with Crippen molar-refractivity contribution in [3.8, 4) is 0 Å². The smallest absolute Gasteiger partial charge is 0.394 e. The van der Waals surface area contributed by atoms with E-state index in [1.165, 1.54) is 22.3 Å². The van der Waals surface area contributed by atoms with Gasteiger partial charge in [-0.05, 0) is 98.3 Å². The van der Waals surface area contributed by atoms with Crippen LogP contribution in [0.5, 0.6) is 0 Å². The van der Waals surface area contributed by atoms with Crippen LogP contribution in [0.1, 0.15) is 99.3 Å². The van der Waals surface area contributed by atoms with Crippen LogP contribution in [-0.4, -0.2) is 69.2 Å². The third-order valence-electron chi connectivity index (χ3n) is 7.26. The highest BCUT2D eigenvalue weighted by Crippen LogP contribution is 2.46. The van der Waals surface area contributed by atoms with Gasteiger partial charge >= 0.3 is 7.82 Å². The number of hydrogen-bond donors (Lipinski definition) is 5. The summed E-state index contributed by atoms with van der Waals surface area (Å²) in [5.74, 6) is 0.243. The minimum absolute atomic E-state index is 0.0384. The first kappa shape index (κ1) is 37.9. The summed E-state index contributed by atoms with van der Waals surface area (Å²) in [7, 11) is -4.60. The molecular formula is C31H55O9P. The van der Waals surface area contributed by atoms with E-state index in [0.29, 0.717) is 6.42 Å². The van der Waals surface area contributed by atoms with E-state index in [-0.39, 0.29) is 12.5 Å². The maximum Gasteiger partial charge on any atom is 0.474 e. The molecular weight excluding hydrogens is 547 g/mol. The van der Waals surface area contributed by atoms with Gasteiger partial charge in [-0.15, -0.1) is 0 Å². The molecule has 0 aromatic carbocycles. The fraction of sp³-hybridized carbons (Fsp3) is 0.742. The van der Waals surface area contributed by atoms with Gasteiger partial charge in [-0.3, -0.25) is 9.05 Å². The Bertz CT molecular complexity index is 921. The van der Waals surface area contributed by atoms with E-state index in [2.05, 4.69) is 58.9 Å². The van der Waals surface area contributed by atoms with E-state index >= 15 is 0 Å². The molecule has 0 saturated carbocycles. The normalized spacial score (nSPS) is 26.5. The van der Waals surface area contributed by atoms with E-state index in [1.807, 2.05) is 6.92 Å². The molecule has 41 heavy (non-hydrogen) atoms. The number of aliphatic hydroxyl groups excluding tert-OH is 4. The van der Waals surface area contributed by atoms with Crippen LogP contribution in [0, 0.1) is 5.92 Å². The van der Waals surface area contributed by atoms with Crippen LogP contribution < -0.4 is 0 Å². The number of hydrogen-bond acceptors (Lipinski definition) is 8. The molecule has 1 aliphatic heterocycles. The Hall–Kier alpha value is -1.13. The molecule has 238 valence electrons. The van der Waals surface area contributed by atoms with E-state index in [9.17, 15) is 29.9 Å². The van der Waals surface area contributed by atoms with Crippen molar-refractivity contribution in [1.29, 1.82) is 0 Å². The number of phosphoric acid groups is 1. The molecule has 1 rings (SSSR count). The maximum atomic E-state index is 12.3. The molecule has 0 amide bonds. The summed E-state index contributed by atoms with van der Waals surface area (Å²) in [5, 5.41) is 38.8. The number of aliphatic hydroxyl groups is 4. The van der Waals surface area contributed by atoms with Crippen molar-refractivity contribution in [3.05, 3.63) is 46.6 Å². The minimum atomic E-state index is -4.60. The van der Waals surface area contributed by atoms with Gasteiger partial charge in [-0.2, -0.15) is 0 Å². The molecule has 5 N–H and O–H groups in total. The summed E-state index contributed by atoms with van der Waals surface area (Å²) in [6, 6.07) is 0. The lowest BCUT2D eigenvalue weighted by Gasteiger charge is -2.39. The Morgan fingerprint density at radius 1 is 0.805 bits per heavy atom. The van der Waals surface area contributed by atoms with Gasteiger partial charge in [0, 0.05) is 0 Å². The van der Waals surface area contributed by atoms with Crippen molar-refractivity contribution in [3.63, 3.8) is 0 Å². The summed E-state index contributed by atoms with van der Waals surface area (Å²) in [4.78, 5) is 9.99. The predicted octanol–water partition coefficient (Wildman–Crippen LogP) is 5.87. The van der Waals surface area contributed by atoms with Crippen LogP contribution >= 0.6 is 7.82 Å². The molecule has 1 saturated heterocycles. The molecule has 1 fully saturated rings. The first-order chi connectivity index (χ1) is 19.3. The van der Waals surface area contributed by atoms with E-state index in [0.717, 1.165) is 51.4 Å². The van der Waals surface area contributed by atoms with Crippen LogP contribution in [0.4, 0.5) is 0 Å². The van der Waals surface area contributed by atoms with E-state index in [4.69, 9.17) is 13.8 Å². The molecule has 1 heterocycles. The molecule has 9 nitrogen and oxygen atoms in total. The average molecular weight is 603 g/mol. The highest BCUT2D eigenvalue weighted by molar-refractivity contribution is 7.47. The monoisotopic (exact) mass is 602 g/mol. The lowest BCUT2D eigenvalue weighted by atomic mass is 10.00. The van der Waals surface area contributed by atoms with Crippen LogP contribution in [-0.2, 0) is 18.3 Å². The first-order valence-corrected chi connectivity index (χ1v) is 16.3. The highest BCUT2D eigenvalue weighted by atomic mass is 31.2. The Morgan fingerprint density at radius 2 is 1.32 bits per heavy atom. The van der Waals surface area contributed by atoms with Gasteiger partial charge in [0.2, 0.25) is 0 Å². The molecule has 0 spiro atoms. The quantitative estimate of drug-likeness (QED) is 0.0905. The third-order valence-corrected chi connectivity index (χ3v) is 8.24. The van der Waals surface area contributed by atoms with Gasteiger partial charge in [0.15, 0.2) is 6.29 Å². The number of rotatable bonds is 19. The minimum Gasteiger partial charge on any atom is -0.394 e. The molecule has 0 radical (unpaired) electrons. The van der Waals surface area contributed by atoms with Gasteiger partial charge < -0.3 is 30.1 Å². The van der Waals surface area contributed by atoms with Crippen LogP contribution in [0.3, 0.4) is 0 Å². The van der Waals surface area contributed by atoms with Crippen molar-refractivity contribution in [2.45, 2.75) is 130 Å². The number of phosphoric ester groups is 1. The van der Waals surface area contributed by atoms with Crippen LogP contribution in [0.15, 0.2) is 46.6 Å². The molecule has 0 bridgehead atoms. The van der Waals surface area contributed by atoms with Gasteiger partial charge in [0.1, 0.15) is 24.4 Å². The Morgan fingerprint density at radius 3 is 1.83 bits per heavy atom. The fourth-order valence-corrected chi connectivity index (χ4v) is 5.27. The molecule has 10 heteroatoms. The zero-order valence-corrected chi connectivity index (χ0v) is 26.8. The molecule has 0 aliphatic carbocycles. The number of allylic oxidation sites excluding steroid dienone is 8. The van der Waals surface area contributed by atoms with Crippen molar-refractivity contribution >= 4 is 7.82 Å². The second-order valence-corrected chi connectivity index (χ2v) is 13.0.